The topological polar surface area (TPSA) is 178 Å². The van der Waals surface area contributed by atoms with Crippen molar-refractivity contribution in [1.82, 2.24) is 14.6 Å². The van der Waals surface area contributed by atoms with E-state index in [1.807, 2.05) is 23.2 Å². The van der Waals surface area contributed by atoms with Crippen molar-refractivity contribution in [3.8, 4) is 5.75 Å². The van der Waals surface area contributed by atoms with Crippen LogP contribution in [0.15, 0.2) is 82.7 Å². The van der Waals surface area contributed by atoms with E-state index in [1.54, 1.807) is 24.3 Å². The van der Waals surface area contributed by atoms with Crippen LogP contribution in [-0.2, 0) is 23.4 Å². The van der Waals surface area contributed by atoms with Crippen molar-refractivity contribution in [3.63, 3.8) is 0 Å². The van der Waals surface area contributed by atoms with Gasteiger partial charge in [0.05, 0.1) is 13.7 Å². The Morgan fingerprint density at radius 2 is 2.02 bits per heavy atom. The van der Waals surface area contributed by atoms with E-state index in [1.165, 1.54) is 6.92 Å². The molecule has 1 saturated heterocycles. The van der Waals surface area contributed by atoms with Crippen molar-refractivity contribution in [2.45, 2.75) is 37.0 Å². The van der Waals surface area contributed by atoms with Crippen LogP contribution < -0.4 is 20.9 Å². The predicted octanol–water partition coefficient (Wildman–Crippen LogP) is 1.38. The summed E-state index contributed by atoms with van der Waals surface area (Å²) in [6, 6.07) is 12.1. The van der Waals surface area contributed by atoms with Gasteiger partial charge in [0.15, 0.2) is 11.8 Å². The highest BCUT2D eigenvalue weighted by atomic mass is 31.2. The van der Waals surface area contributed by atoms with Gasteiger partial charge in [0.1, 0.15) is 24.0 Å². The Morgan fingerprint density at radius 1 is 1.30 bits per heavy atom. The molecule has 2 unspecified atom stereocenters. The molecule has 0 radical (unpaired) electrons. The first kappa shape index (κ1) is 29.2. The molecule has 2 aromatic carbocycles. The summed E-state index contributed by atoms with van der Waals surface area (Å²) >= 11 is 0. The average molecular weight is 573 g/mol. The van der Waals surface area contributed by atoms with Gasteiger partial charge >= 0.3 is 19.4 Å². The highest BCUT2D eigenvalue weighted by molar-refractivity contribution is 7.52. The quantitative estimate of drug-likeness (QED) is 0.156. The number of ether oxygens (including phenoxy) is 2. The van der Waals surface area contributed by atoms with E-state index in [0.717, 1.165) is 35.4 Å². The SMILES string of the molecule is C=C=C[C@]1(O)C(O)[C@@H](COP(=O)(N[C@@H](C)C(=O)OC)Oc2cccc3ccccc23)O[C@H]1n1ccc(=O)[nH]c1=O. The lowest BCUT2D eigenvalue weighted by molar-refractivity contribution is -0.142. The molecular formula is C26H28N3O10P. The molecule has 1 fully saturated rings. The fourth-order valence-electron chi connectivity index (χ4n) is 4.28. The lowest BCUT2D eigenvalue weighted by Crippen LogP contribution is -2.47. The van der Waals surface area contributed by atoms with Crippen LogP contribution in [0.1, 0.15) is 13.2 Å². The molecule has 0 amide bonds. The molecule has 14 heteroatoms. The van der Waals surface area contributed by atoms with E-state index in [9.17, 15) is 29.2 Å². The number of nitrogens with one attached hydrogen (secondary N) is 2. The number of esters is 1. The number of H-pyrrole nitrogens is 1. The van der Waals surface area contributed by atoms with Gasteiger partial charge in [0.2, 0.25) is 0 Å². The Bertz CT molecular complexity index is 1610. The largest absolute Gasteiger partial charge is 0.468 e. The van der Waals surface area contributed by atoms with E-state index in [2.05, 4.69) is 17.4 Å². The zero-order valence-electron chi connectivity index (χ0n) is 21.6. The molecule has 0 bridgehead atoms. The maximum Gasteiger partial charge on any atom is 0.459 e. The van der Waals surface area contributed by atoms with Crippen LogP contribution >= 0.6 is 7.75 Å². The van der Waals surface area contributed by atoms with E-state index < -0.39 is 61.7 Å². The highest BCUT2D eigenvalue weighted by Crippen LogP contribution is 2.48. The fourth-order valence-corrected chi connectivity index (χ4v) is 5.80. The molecule has 0 spiro atoms. The molecule has 1 aliphatic rings. The molecule has 13 nitrogen and oxygen atoms in total. The van der Waals surface area contributed by atoms with Gasteiger partial charge < -0.3 is 24.2 Å². The average Bonchev–Trinajstić information content (AvgIpc) is 3.16. The summed E-state index contributed by atoms with van der Waals surface area (Å²) in [6.07, 6.45) is -2.58. The molecule has 40 heavy (non-hydrogen) atoms. The minimum atomic E-state index is -4.39. The number of carbonyl (C=O) groups excluding carboxylic acids is 1. The predicted molar refractivity (Wildman–Crippen MR) is 143 cm³/mol. The second-order valence-electron chi connectivity index (χ2n) is 8.96. The molecule has 1 aromatic heterocycles. The van der Waals surface area contributed by atoms with Crippen molar-refractivity contribution in [2.75, 3.05) is 13.7 Å². The van der Waals surface area contributed by atoms with Gasteiger partial charge in [-0.3, -0.25) is 23.7 Å². The van der Waals surface area contributed by atoms with Crippen molar-refractivity contribution < 1.29 is 38.1 Å². The number of carbonyl (C=O) groups is 1. The fraction of sp³-hybridized carbons (Fsp3) is 0.308. The summed E-state index contributed by atoms with van der Waals surface area (Å²) in [5.41, 5.74) is -1.48. The minimum Gasteiger partial charge on any atom is -0.468 e. The molecule has 4 rings (SSSR count). The lowest BCUT2D eigenvalue weighted by atomic mass is 9.94. The van der Waals surface area contributed by atoms with Gasteiger partial charge in [0, 0.05) is 17.6 Å². The number of benzene rings is 2. The van der Waals surface area contributed by atoms with Crippen LogP contribution in [0, 0.1) is 0 Å². The van der Waals surface area contributed by atoms with Crippen LogP contribution in [0.5, 0.6) is 5.75 Å². The van der Waals surface area contributed by atoms with Gasteiger partial charge in [-0.2, -0.15) is 5.09 Å². The molecule has 212 valence electrons. The number of nitrogens with zero attached hydrogens (tertiary/aromatic N) is 1. The normalized spacial score (nSPS) is 24.6. The van der Waals surface area contributed by atoms with Crippen LogP contribution in [0.25, 0.3) is 10.8 Å². The maximum atomic E-state index is 14.0. The third-order valence-corrected chi connectivity index (χ3v) is 7.88. The number of methoxy groups -OCH3 is 1. The Labute approximate surface area is 227 Å². The number of fused-ring (bicyclic) bond motifs is 1. The summed E-state index contributed by atoms with van der Waals surface area (Å²) in [5.74, 6) is -0.562. The first-order valence-corrected chi connectivity index (χ1v) is 13.6. The van der Waals surface area contributed by atoms with Crippen LogP contribution in [0.3, 0.4) is 0 Å². The van der Waals surface area contributed by atoms with Gasteiger partial charge in [0.25, 0.3) is 5.56 Å². The standard InChI is InChI=1S/C26H28N3O10P/c1-4-13-26(34)22(31)20(38-24(26)29-14-12-21(30)27-25(29)33)15-37-40(35,28-16(2)23(32)36-3)39-19-11-7-9-17-8-5-6-10-18(17)19/h5-14,16,20,22,24,31,34H,1,15H2,2-3H3,(H,28,35)(H,27,30,33)/t16-,20+,22?,24+,26-,40?/m0/s1. The Kier molecular flexibility index (Phi) is 8.57. The summed E-state index contributed by atoms with van der Waals surface area (Å²) in [4.78, 5) is 38.1. The summed E-state index contributed by atoms with van der Waals surface area (Å²) in [7, 11) is -3.23. The maximum absolute atomic E-state index is 14.0. The number of rotatable bonds is 10. The molecule has 0 aliphatic carbocycles. The second-order valence-corrected chi connectivity index (χ2v) is 10.7. The zero-order valence-corrected chi connectivity index (χ0v) is 22.4. The number of aromatic amines is 1. The van der Waals surface area contributed by atoms with E-state index in [4.69, 9.17) is 18.5 Å². The first-order chi connectivity index (χ1) is 19.0. The third-order valence-electron chi connectivity index (χ3n) is 6.25. The lowest BCUT2D eigenvalue weighted by Gasteiger charge is -2.28. The van der Waals surface area contributed by atoms with Crippen molar-refractivity contribution >= 4 is 24.5 Å². The number of aliphatic hydroxyl groups is 2. The molecule has 4 N–H and O–H groups in total. The van der Waals surface area contributed by atoms with Crippen molar-refractivity contribution in [3.05, 3.63) is 94.0 Å². The van der Waals surface area contributed by atoms with E-state index in [-0.39, 0.29) is 5.75 Å². The summed E-state index contributed by atoms with van der Waals surface area (Å²) < 4.78 is 36.7. The third kappa shape index (κ3) is 5.86. The second kappa shape index (κ2) is 11.7. The number of hydrogen-bond acceptors (Lipinski definition) is 10. The van der Waals surface area contributed by atoms with Gasteiger partial charge in [-0.05, 0) is 24.5 Å². The molecule has 3 aromatic rings. The van der Waals surface area contributed by atoms with Crippen LogP contribution in [0.4, 0.5) is 0 Å². The van der Waals surface area contributed by atoms with Gasteiger partial charge in [-0.25, -0.2) is 9.36 Å². The Morgan fingerprint density at radius 3 is 2.73 bits per heavy atom. The smallest absolute Gasteiger partial charge is 0.459 e. The summed E-state index contributed by atoms with van der Waals surface area (Å²) in [6.45, 7) is 4.16. The number of hydrogen-bond donors (Lipinski definition) is 4. The highest BCUT2D eigenvalue weighted by Gasteiger charge is 2.56. The molecule has 2 heterocycles. The first-order valence-electron chi connectivity index (χ1n) is 12.0. The zero-order chi connectivity index (χ0) is 29.1. The molecular weight excluding hydrogens is 545 g/mol. The molecule has 1 aliphatic heterocycles. The van der Waals surface area contributed by atoms with E-state index in [0.29, 0.717) is 5.39 Å². The van der Waals surface area contributed by atoms with E-state index >= 15 is 0 Å². The Hall–Kier alpha value is -3.80. The van der Waals surface area contributed by atoms with Crippen molar-refractivity contribution in [1.29, 1.82) is 0 Å². The summed E-state index contributed by atoms with van der Waals surface area (Å²) in [5, 5.41) is 26.2. The van der Waals surface area contributed by atoms with Crippen LogP contribution in [0.2, 0.25) is 0 Å². The van der Waals surface area contributed by atoms with Gasteiger partial charge in [-0.15, -0.1) is 5.73 Å². The molecule has 6 atom stereocenters. The van der Waals surface area contributed by atoms with Crippen molar-refractivity contribution in [2.24, 2.45) is 0 Å². The van der Waals surface area contributed by atoms with Gasteiger partial charge in [-0.1, -0.05) is 43.0 Å². The number of aromatic nitrogens is 2. The number of aliphatic hydroxyl groups excluding tert-OH is 1. The Balaban J connectivity index is 1.64. The molecule has 0 saturated carbocycles. The minimum absolute atomic E-state index is 0.183. The van der Waals surface area contributed by atoms with Crippen LogP contribution in [-0.4, -0.2) is 63.3 Å². The monoisotopic (exact) mass is 573 g/mol.